The third kappa shape index (κ3) is 2.93. The molecule has 0 unspecified atom stereocenters. The minimum atomic E-state index is -0.913. The molecule has 0 spiro atoms. The van der Waals surface area contributed by atoms with Gasteiger partial charge in [-0.2, -0.15) is 0 Å². The zero-order valence-corrected chi connectivity index (χ0v) is 10.7. The van der Waals surface area contributed by atoms with Crippen molar-refractivity contribution in [2.24, 2.45) is 5.41 Å². The number of carbonyl (C=O) groups is 2. The summed E-state index contributed by atoms with van der Waals surface area (Å²) in [5.74, 6) is -1.32. The van der Waals surface area contributed by atoms with Gasteiger partial charge in [-0.25, -0.2) is 0 Å². The number of amides is 1. The monoisotopic (exact) mass is 278 g/mol. The van der Waals surface area contributed by atoms with Gasteiger partial charge in [0.25, 0.3) is 5.69 Å². The summed E-state index contributed by atoms with van der Waals surface area (Å²) in [7, 11) is 0. The molecule has 1 saturated carbocycles. The molecule has 0 aromatic heterocycles. The van der Waals surface area contributed by atoms with Gasteiger partial charge < -0.3 is 10.4 Å². The second kappa shape index (κ2) is 5.28. The number of nitro benzene ring substituents is 1. The molecule has 2 N–H and O–H groups in total. The fourth-order valence-electron chi connectivity index (χ4n) is 1.96. The number of nitro groups is 1. The van der Waals surface area contributed by atoms with E-state index in [1.165, 1.54) is 18.2 Å². The average molecular weight is 278 g/mol. The zero-order chi connectivity index (χ0) is 14.8. The minimum Gasteiger partial charge on any atom is -0.481 e. The second-order valence-electron chi connectivity index (χ2n) is 4.92. The SMILES string of the molecule is O=C(Cc1ccccc1[N+](=O)[O-])NCC1(C(=O)O)CC1. The number of carboxylic acid groups (broad SMARTS) is 1. The highest BCUT2D eigenvalue weighted by atomic mass is 16.6. The van der Waals surface area contributed by atoms with Gasteiger partial charge in [-0.1, -0.05) is 18.2 Å². The third-order valence-electron chi connectivity index (χ3n) is 3.47. The average Bonchev–Trinajstić information content (AvgIpc) is 3.18. The number of hydrogen-bond donors (Lipinski definition) is 2. The summed E-state index contributed by atoms with van der Waals surface area (Å²) in [6, 6.07) is 6.00. The maximum absolute atomic E-state index is 11.8. The van der Waals surface area contributed by atoms with Crippen LogP contribution in [0.2, 0.25) is 0 Å². The number of para-hydroxylation sites is 1. The van der Waals surface area contributed by atoms with Crippen molar-refractivity contribution in [2.75, 3.05) is 6.54 Å². The molecule has 0 aliphatic heterocycles. The van der Waals surface area contributed by atoms with Crippen LogP contribution in [-0.2, 0) is 16.0 Å². The first kappa shape index (κ1) is 14.0. The molecule has 0 bridgehead atoms. The molecule has 7 heteroatoms. The molecule has 2 rings (SSSR count). The Morgan fingerprint density at radius 1 is 1.35 bits per heavy atom. The zero-order valence-electron chi connectivity index (χ0n) is 10.7. The molecular weight excluding hydrogens is 264 g/mol. The molecule has 1 aromatic rings. The normalized spacial score (nSPS) is 15.4. The Hall–Kier alpha value is -2.44. The summed E-state index contributed by atoms with van der Waals surface area (Å²) >= 11 is 0. The van der Waals surface area contributed by atoms with E-state index in [9.17, 15) is 19.7 Å². The first-order valence-corrected chi connectivity index (χ1v) is 6.17. The number of nitrogens with one attached hydrogen (secondary N) is 1. The lowest BCUT2D eigenvalue weighted by atomic mass is 10.1. The Bertz CT molecular complexity index is 566. The molecule has 1 aromatic carbocycles. The van der Waals surface area contributed by atoms with Crippen LogP contribution < -0.4 is 5.32 Å². The Balaban J connectivity index is 1.95. The summed E-state index contributed by atoms with van der Waals surface area (Å²) in [6.45, 7) is 0.0712. The van der Waals surface area contributed by atoms with E-state index in [-0.39, 0.29) is 18.7 Å². The van der Waals surface area contributed by atoms with E-state index in [2.05, 4.69) is 5.32 Å². The molecular formula is C13H14N2O5. The van der Waals surface area contributed by atoms with E-state index in [0.29, 0.717) is 18.4 Å². The van der Waals surface area contributed by atoms with Gasteiger partial charge in [-0.3, -0.25) is 19.7 Å². The van der Waals surface area contributed by atoms with Crippen LogP contribution in [0.15, 0.2) is 24.3 Å². The quantitative estimate of drug-likeness (QED) is 0.598. The Morgan fingerprint density at radius 3 is 2.55 bits per heavy atom. The van der Waals surface area contributed by atoms with Crippen molar-refractivity contribution >= 4 is 17.6 Å². The van der Waals surface area contributed by atoms with Crippen LogP contribution in [-0.4, -0.2) is 28.5 Å². The van der Waals surface area contributed by atoms with Crippen molar-refractivity contribution in [1.82, 2.24) is 5.32 Å². The van der Waals surface area contributed by atoms with Crippen molar-refractivity contribution in [3.8, 4) is 0 Å². The predicted molar refractivity (Wildman–Crippen MR) is 69.1 cm³/mol. The summed E-state index contributed by atoms with van der Waals surface area (Å²) in [6.07, 6.45) is 0.967. The number of hydrogen-bond acceptors (Lipinski definition) is 4. The molecule has 106 valence electrons. The lowest BCUT2D eigenvalue weighted by molar-refractivity contribution is -0.385. The van der Waals surface area contributed by atoms with Gasteiger partial charge in [0.15, 0.2) is 0 Å². The number of nitrogens with zero attached hydrogens (tertiary/aromatic N) is 1. The standard InChI is InChI=1S/C13H14N2O5/c16-11(14-8-13(5-6-13)12(17)18)7-9-3-1-2-4-10(9)15(19)20/h1-4H,5-8H2,(H,14,16)(H,17,18). The van der Waals surface area contributed by atoms with Crippen LogP contribution in [0, 0.1) is 15.5 Å². The molecule has 20 heavy (non-hydrogen) atoms. The van der Waals surface area contributed by atoms with Gasteiger partial charge in [0.2, 0.25) is 5.91 Å². The van der Waals surface area contributed by atoms with Crippen LogP contribution in [0.4, 0.5) is 5.69 Å². The van der Waals surface area contributed by atoms with Crippen LogP contribution in [0.5, 0.6) is 0 Å². The Labute approximate surface area is 114 Å². The summed E-state index contributed by atoms with van der Waals surface area (Å²) in [4.78, 5) is 33.0. The molecule has 0 atom stereocenters. The molecule has 0 heterocycles. The minimum absolute atomic E-state index is 0.0712. The summed E-state index contributed by atoms with van der Waals surface area (Å²) < 4.78 is 0. The van der Waals surface area contributed by atoms with E-state index in [1.54, 1.807) is 6.07 Å². The van der Waals surface area contributed by atoms with Crippen LogP contribution in [0.25, 0.3) is 0 Å². The molecule has 1 aliphatic carbocycles. The molecule has 0 radical (unpaired) electrons. The van der Waals surface area contributed by atoms with Crippen LogP contribution in [0.3, 0.4) is 0 Å². The Kier molecular flexibility index (Phi) is 3.69. The summed E-state index contributed by atoms with van der Waals surface area (Å²) in [5.41, 5.74) is -0.629. The summed E-state index contributed by atoms with van der Waals surface area (Å²) in [5, 5.41) is 22.3. The van der Waals surface area contributed by atoms with E-state index >= 15 is 0 Å². The van der Waals surface area contributed by atoms with Crippen molar-refractivity contribution < 1.29 is 19.6 Å². The van der Waals surface area contributed by atoms with Crippen LogP contribution in [0.1, 0.15) is 18.4 Å². The first-order valence-electron chi connectivity index (χ1n) is 6.17. The number of rotatable bonds is 6. The number of aliphatic carboxylic acids is 1. The number of benzene rings is 1. The van der Waals surface area contributed by atoms with E-state index in [0.717, 1.165) is 0 Å². The highest BCUT2D eigenvalue weighted by Crippen LogP contribution is 2.45. The van der Waals surface area contributed by atoms with Crippen LogP contribution >= 0.6 is 0 Å². The topological polar surface area (TPSA) is 110 Å². The van der Waals surface area contributed by atoms with Gasteiger partial charge >= 0.3 is 5.97 Å². The van der Waals surface area contributed by atoms with Crippen molar-refractivity contribution in [2.45, 2.75) is 19.3 Å². The van der Waals surface area contributed by atoms with Crippen molar-refractivity contribution in [3.05, 3.63) is 39.9 Å². The maximum atomic E-state index is 11.8. The molecule has 7 nitrogen and oxygen atoms in total. The van der Waals surface area contributed by atoms with E-state index < -0.39 is 22.2 Å². The first-order chi connectivity index (χ1) is 9.44. The molecule has 1 amide bonds. The fourth-order valence-corrected chi connectivity index (χ4v) is 1.96. The molecule has 1 aliphatic rings. The lowest BCUT2D eigenvalue weighted by Crippen LogP contribution is -2.35. The van der Waals surface area contributed by atoms with Gasteiger partial charge in [-0.15, -0.1) is 0 Å². The number of carbonyl (C=O) groups excluding carboxylic acids is 1. The smallest absolute Gasteiger partial charge is 0.311 e. The van der Waals surface area contributed by atoms with Crippen molar-refractivity contribution in [1.29, 1.82) is 0 Å². The molecule has 1 fully saturated rings. The Morgan fingerprint density at radius 2 is 2.00 bits per heavy atom. The lowest BCUT2D eigenvalue weighted by Gasteiger charge is -2.11. The largest absolute Gasteiger partial charge is 0.481 e. The van der Waals surface area contributed by atoms with Crippen molar-refractivity contribution in [3.63, 3.8) is 0 Å². The maximum Gasteiger partial charge on any atom is 0.311 e. The fraction of sp³-hybridized carbons (Fsp3) is 0.385. The van der Waals surface area contributed by atoms with Gasteiger partial charge in [-0.05, 0) is 12.8 Å². The van der Waals surface area contributed by atoms with E-state index in [4.69, 9.17) is 5.11 Å². The van der Waals surface area contributed by atoms with E-state index in [1.807, 2.05) is 0 Å². The van der Waals surface area contributed by atoms with Gasteiger partial charge in [0.05, 0.1) is 16.8 Å². The third-order valence-corrected chi connectivity index (χ3v) is 3.47. The number of carboxylic acids is 1. The second-order valence-corrected chi connectivity index (χ2v) is 4.92. The van der Waals surface area contributed by atoms with Gasteiger partial charge in [0, 0.05) is 18.2 Å². The molecule has 0 saturated heterocycles. The highest BCUT2D eigenvalue weighted by molar-refractivity contribution is 5.82. The predicted octanol–water partition coefficient (Wildman–Crippen LogP) is 1.12. The van der Waals surface area contributed by atoms with Gasteiger partial charge in [0.1, 0.15) is 0 Å². The highest BCUT2D eigenvalue weighted by Gasteiger charge is 2.50.